The van der Waals surface area contributed by atoms with Crippen molar-refractivity contribution in [1.29, 1.82) is 0 Å². The fourth-order valence-corrected chi connectivity index (χ4v) is 5.26. The molecule has 0 aliphatic carbocycles. The van der Waals surface area contributed by atoms with Crippen molar-refractivity contribution in [3.05, 3.63) is 64.7 Å². The molecule has 1 aliphatic rings. The number of hydrogen-bond acceptors (Lipinski definition) is 4. The monoisotopic (exact) mass is 388 g/mol. The summed E-state index contributed by atoms with van der Waals surface area (Å²) in [5.41, 5.74) is 3.36. The van der Waals surface area contributed by atoms with Crippen molar-refractivity contribution in [3.63, 3.8) is 0 Å². The summed E-state index contributed by atoms with van der Waals surface area (Å²) in [5, 5.41) is 11.6. The minimum atomic E-state index is -3.87. The van der Waals surface area contributed by atoms with Crippen molar-refractivity contribution >= 4 is 15.9 Å². The zero-order valence-electron chi connectivity index (χ0n) is 15.5. The topological polar surface area (TPSA) is 86.7 Å². The van der Waals surface area contributed by atoms with Crippen LogP contribution in [0.5, 0.6) is 0 Å². The summed E-state index contributed by atoms with van der Waals surface area (Å²) in [5.74, 6) is -0.396. The normalized spacial score (nSPS) is 17.4. The predicted molar refractivity (Wildman–Crippen MR) is 103 cm³/mol. The number of amides is 1. The number of nitrogens with zero attached hydrogens (tertiary/aromatic N) is 1. The smallest absolute Gasteiger partial charge is 0.244 e. The first-order valence-electron chi connectivity index (χ1n) is 8.89. The summed E-state index contributed by atoms with van der Waals surface area (Å²) >= 11 is 0. The first-order chi connectivity index (χ1) is 12.8. The van der Waals surface area contributed by atoms with Crippen molar-refractivity contribution in [2.24, 2.45) is 0 Å². The van der Waals surface area contributed by atoms with E-state index in [0.29, 0.717) is 12.0 Å². The van der Waals surface area contributed by atoms with Gasteiger partial charge in [-0.2, -0.15) is 4.31 Å². The molecule has 144 valence electrons. The van der Waals surface area contributed by atoms with E-state index in [1.54, 1.807) is 19.1 Å². The van der Waals surface area contributed by atoms with Crippen LogP contribution in [0.4, 0.5) is 0 Å². The number of aryl methyl sites for hydroxylation is 2. The quantitative estimate of drug-likeness (QED) is 0.813. The zero-order chi connectivity index (χ0) is 19.6. The number of sulfonamides is 1. The molecule has 0 bridgehead atoms. The molecule has 1 aliphatic heterocycles. The largest absolute Gasteiger partial charge is 0.395 e. The van der Waals surface area contributed by atoms with Crippen LogP contribution in [0, 0.1) is 13.8 Å². The van der Waals surface area contributed by atoms with E-state index in [2.05, 4.69) is 5.32 Å². The maximum absolute atomic E-state index is 13.5. The Morgan fingerprint density at radius 3 is 2.59 bits per heavy atom. The van der Waals surface area contributed by atoms with Crippen molar-refractivity contribution in [3.8, 4) is 0 Å². The highest BCUT2D eigenvalue weighted by atomic mass is 32.2. The van der Waals surface area contributed by atoms with Gasteiger partial charge in [-0.25, -0.2) is 8.42 Å². The summed E-state index contributed by atoms with van der Waals surface area (Å²) in [6.07, 6.45) is 0.303. The van der Waals surface area contributed by atoms with Crippen LogP contribution in [0.2, 0.25) is 0 Å². The summed E-state index contributed by atoms with van der Waals surface area (Å²) < 4.78 is 28.2. The molecular formula is C20H24N2O4S. The highest BCUT2D eigenvalue weighted by Gasteiger charge is 2.39. The molecular weight excluding hydrogens is 364 g/mol. The second-order valence-electron chi connectivity index (χ2n) is 6.82. The average molecular weight is 388 g/mol. The SMILES string of the molecule is Cc1ccc(C)c(S(=O)(=O)N2Cc3ccccc3CC2C(=O)NCCO)c1. The van der Waals surface area contributed by atoms with Gasteiger partial charge < -0.3 is 10.4 Å². The Morgan fingerprint density at radius 2 is 1.89 bits per heavy atom. The van der Waals surface area contributed by atoms with Gasteiger partial charge in [-0.1, -0.05) is 36.4 Å². The summed E-state index contributed by atoms with van der Waals surface area (Å²) in [4.78, 5) is 12.9. The Morgan fingerprint density at radius 1 is 1.19 bits per heavy atom. The number of nitrogens with one attached hydrogen (secondary N) is 1. The number of aliphatic hydroxyl groups excluding tert-OH is 1. The van der Waals surface area contributed by atoms with Crippen LogP contribution in [-0.4, -0.2) is 42.9 Å². The molecule has 0 saturated carbocycles. The maximum Gasteiger partial charge on any atom is 0.244 e. The number of aliphatic hydroxyl groups is 1. The van der Waals surface area contributed by atoms with Gasteiger partial charge in [0.15, 0.2) is 0 Å². The van der Waals surface area contributed by atoms with Gasteiger partial charge in [0.2, 0.25) is 15.9 Å². The van der Waals surface area contributed by atoms with Gasteiger partial charge in [-0.15, -0.1) is 0 Å². The number of carbonyl (C=O) groups excluding carboxylic acids is 1. The lowest BCUT2D eigenvalue weighted by Crippen LogP contribution is -2.52. The summed E-state index contributed by atoms with van der Waals surface area (Å²) in [7, 11) is -3.87. The second-order valence-corrected chi connectivity index (χ2v) is 8.68. The van der Waals surface area contributed by atoms with Crippen molar-refractivity contribution < 1.29 is 18.3 Å². The fraction of sp³-hybridized carbons (Fsp3) is 0.350. The maximum atomic E-state index is 13.5. The minimum Gasteiger partial charge on any atom is -0.395 e. The summed E-state index contributed by atoms with van der Waals surface area (Å²) in [6, 6.07) is 12.0. The Bertz CT molecular complexity index is 956. The number of rotatable bonds is 5. The molecule has 0 fully saturated rings. The Hall–Kier alpha value is -2.22. The molecule has 2 aromatic carbocycles. The third kappa shape index (κ3) is 3.90. The van der Waals surface area contributed by atoms with Gasteiger partial charge in [0, 0.05) is 13.1 Å². The lowest BCUT2D eigenvalue weighted by Gasteiger charge is -2.35. The molecule has 0 radical (unpaired) electrons. The van der Waals surface area contributed by atoms with Gasteiger partial charge in [-0.3, -0.25) is 4.79 Å². The first kappa shape index (κ1) is 19.5. The van der Waals surface area contributed by atoms with E-state index in [1.807, 2.05) is 37.3 Å². The number of fused-ring (bicyclic) bond motifs is 1. The number of carbonyl (C=O) groups is 1. The average Bonchev–Trinajstić information content (AvgIpc) is 2.66. The van der Waals surface area contributed by atoms with Crippen LogP contribution in [0.25, 0.3) is 0 Å². The van der Waals surface area contributed by atoms with Crippen LogP contribution in [0.1, 0.15) is 22.3 Å². The second kappa shape index (κ2) is 7.80. The zero-order valence-corrected chi connectivity index (χ0v) is 16.3. The molecule has 0 saturated heterocycles. The third-order valence-corrected chi connectivity index (χ3v) is 6.85. The highest BCUT2D eigenvalue weighted by Crippen LogP contribution is 2.30. The van der Waals surface area contributed by atoms with E-state index in [-0.39, 0.29) is 24.6 Å². The van der Waals surface area contributed by atoms with Crippen LogP contribution in [0.3, 0.4) is 0 Å². The van der Waals surface area contributed by atoms with Crippen molar-refractivity contribution in [1.82, 2.24) is 9.62 Å². The van der Waals surface area contributed by atoms with Crippen LogP contribution in [-0.2, 0) is 27.8 Å². The Kier molecular flexibility index (Phi) is 5.64. The van der Waals surface area contributed by atoms with E-state index in [0.717, 1.165) is 16.7 Å². The lowest BCUT2D eigenvalue weighted by molar-refractivity contribution is -0.125. The molecule has 2 aromatic rings. The van der Waals surface area contributed by atoms with Crippen molar-refractivity contribution in [2.75, 3.05) is 13.2 Å². The Labute approximate surface area is 159 Å². The molecule has 0 spiro atoms. The van der Waals surface area contributed by atoms with Crippen LogP contribution >= 0.6 is 0 Å². The van der Waals surface area contributed by atoms with Crippen LogP contribution < -0.4 is 5.32 Å². The molecule has 6 nitrogen and oxygen atoms in total. The molecule has 0 aromatic heterocycles. The number of hydrogen-bond donors (Lipinski definition) is 2. The van der Waals surface area contributed by atoms with E-state index in [9.17, 15) is 13.2 Å². The van der Waals surface area contributed by atoms with Gasteiger partial charge in [0.1, 0.15) is 6.04 Å². The summed E-state index contributed by atoms with van der Waals surface area (Å²) in [6.45, 7) is 3.64. The van der Waals surface area contributed by atoms with Crippen molar-refractivity contribution in [2.45, 2.75) is 37.8 Å². The molecule has 1 unspecified atom stereocenters. The Balaban J connectivity index is 2.06. The van der Waals surface area contributed by atoms with Gasteiger partial charge in [0.25, 0.3) is 0 Å². The minimum absolute atomic E-state index is 0.0916. The first-order valence-corrected chi connectivity index (χ1v) is 10.3. The van der Waals surface area contributed by atoms with Gasteiger partial charge in [-0.05, 0) is 48.6 Å². The molecule has 1 amide bonds. The number of benzene rings is 2. The van der Waals surface area contributed by atoms with E-state index >= 15 is 0 Å². The molecule has 27 heavy (non-hydrogen) atoms. The van der Waals surface area contributed by atoms with Crippen LogP contribution in [0.15, 0.2) is 47.4 Å². The molecule has 1 atom stereocenters. The predicted octanol–water partition coefficient (Wildman–Crippen LogP) is 1.53. The van der Waals surface area contributed by atoms with Gasteiger partial charge in [0.05, 0.1) is 11.5 Å². The van der Waals surface area contributed by atoms with E-state index in [4.69, 9.17) is 5.11 Å². The molecule has 2 N–H and O–H groups in total. The van der Waals surface area contributed by atoms with Gasteiger partial charge >= 0.3 is 0 Å². The van der Waals surface area contributed by atoms with E-state index < -0.39 is 22.0 Å². The molecule has 7 heteroatoms. The standard InChI is InChI=1S/C20H24N2O4S/c1-14-7-8-15(2)19(11-14)27(25,26)22-13-17-6-4-3-5-16(17)12-18(22)20(24)21-9-10-23/h3-8,11,18,23H,9-10,12-13H2,1-2H3,(H,21,24). The third-order valence-electron chi connectivity index (χ3n) is 4.85. The molecule has 1 heterocycles. The molecule has 3 rings (SSSR count). The highest BCUT2D eigenvalue weighted by molar-refractivity contribution is 7.89. The lowest BCUT2D eigenvalue weighted by atomic mass is 9.95. The fourth-order valence-electron chi connectivity index (χ4n) is 3.38. The van der Waals surface area contributed by atoms with E-state index in [1.165, 1.54) is 4.31 Å².